The van der Waals surface area contributed by atoms with Crippen LogP contribution in [0.3, 0.4) is 0 Å². The molecule has 3 rings (SSSR count). The first-order valence-corrected chi connectivity index (χ1v) is 5.43. The minimum absolute atomic E-state index is 0.0106. The number of H-pyrrole nitrogens is 1. The van der Waals surface area contributed by atoms with E-state index in [1.165, 1.54) is 30.5 Å². The van der Waals surface area contributed by atoms with E-state index in [-0.39, 0.29) is 5.56 Å². The highest BCUT2D eigenvalue weighted by atomic mass is 79.9. The lowest BCUT2D eigenvalue weighted by Gasteiger charge is -2.06. The lowest BCUT2D eigenvalue weighted by Crippen LogP contribution is -2.11. The third kappa shape index (κ3) is 0.966. The van der Waals surface area contributed by atoms with Gasteiger partial charge in [0.1, 0.15) is 0 Å². The van der Waals surface area contributed by atoms with Crippen molar-refractivity contribution >= 4 is 15.9 Å². The maximum absolute atomic E-state index is 11.3. The van der Waals surface area contributed by atoms with Gasteiger partial charge in [-0.05, 0) is 58.7 Å². The van der Waals surface area contributed by atoms with Crippen LogP contribution in [0.15, 0.2) is 15.3 Å². The molecular formula is C10H10BrNO. The van der Waals surface area contributed by atoms with Gasteiger partial charge in [-0.15, -0.1) is 0 Å². The fourth-order valence-electron chi connectivity index (χ4n) is 2.38. The molecule has 1 aromatic rings. The SMILES string of the molecule is O=c1[nH]c2c(cc1Br)C1(CC2)CC1. The Morgan fingerprint density at radius 1 is 1.38 bits per heavy atom. The van der Waals surface area contributed by atoms with Crippen molar-refractivity contribution in [2.75, 3.05) is 0 Å². The van der Waals surface area contributed by atoms with Gasteiger partial charge in [-0.3, -0.25) is 4.79 Å². The Bertz CT molecular complexity index is 431. The Labute approximate surface area is 84.5 Å². The quantitative estimate of drug-likeness (QED) is 0.740. The molecule has 1 fully saturated rings. The second kappa shape index (κ2) is 2.27. The van der Waals surface area contributed by atoms with Crippen molar-refractivity contribution < 1.29 is 0 Å². The van der Waals surface area contributed by atoms with E-state index < -0.39 is 0 Å². The highest BCUT2D eigenvalue weighted by molar-refractivity contribution is 9.10. The number of aromatic amines is 1. The van der Waals surface area contributed by atoms with E-state index in [2.05, 4.69) is 20.9 Å². The molecule has 0 bridgehead atoms. The summed E-state index contributed by atoms with van der Waals surface area (Å²) in [5, 5.41) is 0. The third-order valence-electron chi connectivity index (χ3n) is 3.36. The van der Waals surface area contributed by atoms with E-state index in [1.54, 1.807) is 0 Å². The van der Waals surface area contributed by atoms with Gasteiger partial charge < -0.3 is 4.98 Å². The summed E-state index contributed by atoms with van der Waals surface area (Å²) in [5.74, 6) is 0. The molecular weight excluding hydrogens is 230 g/mol. The van der Waals surface area contributed by atoms with Gasteiger partial charge in [-0.1, -0.05) is 0 Å². The molecule has 0 unspecified atom stereocenters. The molecule has 13 heavy (non-hydrogen) atoms. The molecule has 3 heteroatoms. The molecule has 2 nitrogen and oxygen atoms in total. The maximum Gasteiger partial charge on any atom is 0.262 e. The van der Waals surface area contributed by atoms with Crippen LogP contribution >= 0.6 is 15.9 Å². The molecule has 1 heterocycles. The van der Waals surface area contributed by atoms with Crippen molar-refractivity contribution in [3.8, 4) is 0 Å². The Hall–Kier alpha value is -0.570. The van der Waals surface area contributed by atoms with E-state index in [9.17, 15) is 4.79 Å². The van der Waals surface area contributed by atoms with Crippen molar-refractivity contribution in [3.63, 3.8) is 0 Å². The van der Waals surface area contributed by atoms with Gasteiger partial charge in [0.15, 0.2) is 0 Å². The Morgan fingerprint density at radius 2 is 2.15 bits per heavy atom. The number of hydrogen-bond acceptors (Lipinski definition) is 1. The summed E-state index contributed by atoms with van der Waals surface area (Å²) in [7, 11) is 0. The fourth-order valence-corrected chi connectivity index (χ4v) is 2.71. The van der Waals surface area contributed by atoms with Gasteiger partial charge in [0, 0.05) is 5.69 Å². The molecule has 2 aliphatic carbocycles. The summed E-state index contributed by atoms with van der Waals surface area (Å²) in [4.78, 5) is 14.3. The zero-order valence-electron chi connectivity index (χ0n) is 7.19. The summed E-state index contributed by atoms with van der Waals surface area (Å²) in [6, 6.07) is 2.02. The van der Waals surface area contributed by atoms with Crippen LogP contribution in [0.5, 0.6) is 0 Å². The van der Waals surface area contributed by atoms with Crippen LogP contribution in [0.1, 0.15) is 30.5 Å². The van der Waals surface area contributed by atoms with Crippen LogP contribution in [0, 0.1) is 0 Å². The highest BCUT2D eigenvalue weighted by Gasteiger charge is 2.48. The number of halogens is 1. The van der Waals surface area contributed by atoms with E-state index in [0.29, 0.717) is 9.89 Å². The molecule has 1 aromatic heterocycles. The normalized spacial score (nSPS) is 21.9. The van der Waals surface area contributed by atoms with Crippen molar-refractivity contribution in [3.05, 3.63) is 32.2 Å². The van der Waals surface area contributed by atoms with E-state index in [1.807, 2.05) is 6.07 Å². The smallest absolute Gasteiger partial charge is 0.262 e. The number of rotatable bonds is 0. The predicted octanol–water partition coefficient (Wildman–Crippen LogP) is 2.12. The average molecular weight is 240 g/mol. The first-order valence-electron chi connectivity index (χ1n) is 4.63. The summed E-state index contributed by atoms with van der Waals surface area (Å²) in [5.41, 5.74) is 3.03. The third-order valence-corrected chi connectivity index (χ3v) is 3.95. The van der Waals surface area contributed by atoms with Crippen molar-refractivity contribution in [1.82, 2.24) is 4.98 Å². The number of aromatic nitrogens is 1. The number of pyridine rings is 1. The van der Waals surface area contributed by atoms with Gasteiger partial charge in [0.2, 0.25) is 0 Å². The molecule has 0 aliphatic heterocycles. The lowest BCUT2D eigenvalue weighted by atomic mass is 10.0. The topological polar surface area (TPSA) is 32.9 Å². The summed E-state index contributed by atoms with van der Waals surface area (Å²) < 4.78 is 0.680. The zero-order valence-corrected chi connectivity index (χ0v) is 8.78. The molecule has 0 amide bonds. The van der Waals surface area contributed by atoms with Crippen LogP contribution in [0.25, 0.3) is 0 Å². The van der Waals surface area contributed by atoms with Gasteiger partial charge in [-0.25, -0.2) is 0 Å². The lowest BCUT2D eigenvalue weighted by molar-refractivity contribution is 0.680. The van der Waals surface area contributed by atoms with Gasteiger partial charge in [0.25, 0.3) is 5.56 Å². The fraction of sp³-hybridized carbons (Fsp3) is 0.500. The molecule has 1 spiro atoms. The van der Waals surface area contributed by atoms with Crippen LogP contribution in [0.2, 0.25) is 0 Å². The number of hydrogen-bond donors (Lipinski definition) is 1. The number of nitrogens with one attached hydrogen (secondary N) is 1. The first kappa shape index (κ1) is 7.80. The average Bonchev–Trinajstić information content (AvgIpc) is 2.80. The maximum atomic E-state index is 11.3. The standard InChI is InChI=1S/C10H10BrNO/c11-7-5-6-8(12-9(7)13)1-2-10(6)3-4-10/h5H,1-4H2,(H,12,13). The number of aryl methyl sites for hydroxylation is 1. The van der Waals surface area contributed by atoms with E-state index in [4.69, 9.17) is 0 Å². The molecule has 68 valence electrons. The van der Waals surface area contributed by atoms with Crippen LogP contribution in [0.4, 0.5) is 0 Å². The summed E-state index contributed by atoms with van der Waals surface area (Å²) in [6.45, 7) is 0. The van der Waals surface area contributed by atoms with Gasteiger partial charge in [0.05, 0.1) is 4.47 Å². The molecule has 0 atom stereocenters. The molecule has 1 N–H and O–H groups in total. The predicted molar refractivity (Wildman–Crippen MR) is 54.0 cm³/mol. The highest BCUT2D eigenvalue weighted by Crippen LogP contribution is 2.56. The van der Waals surface area contributed by atoms with Crippen LogP contribution in [-0.4, -0.2) is 4.98 Å². The molecule has 0 radical (unpaired) electrons. The Morgan fingerprint density at radius 3 is 2.85 bits per heavy atom. The van der Waals surface area contributed by atoms with Crippen molar-refractivity contribution in [1.29, 1.82) is 0 Å². The Kier molecular flexibility index (Phi) is 1.36. The zero-order chi connectivity index (χ0) is 9.05. The van der Waals surface area contributed by atoms with Gasteiger partial charge >= 0.3 is 0 Å². The van der Waals surface area contributed by atoms with Crippen molar-refractivity contribution in [2.45, 2.75) is 31.1 Å². The Balaban J connectivity index is 2.26. The minimum atomic E-state index is 0.0106. The molecule has 2 aliphatic rings. The molecule has 0 saturated heterocycles. The van der Waals surface area contributed by atoms with E-state index in [0.717, 1.165) is 6.42 Å². The molecule has 0 aromatic carbocycles. The second-order valence-electron chi connectivity index (χ2n) is 4.12. The second-order valence-corrected chi connectivity index (χ2v) is 4.97. The summed E-state index contributed by atoms with van der Waals surface area (Å²) >= 11 is 3.28. The minimum Gasteiger partial charge on any atom is -0.325 e. The summed E-state index contributed by atoms with van der Waals surface area (Å²) in [6.07, 6.45) is 4.89. The monoisotopic (exact) mass is 239 g/mol. The molecule has 1 saturated carbocycles. The first-order chi connectivity index (χ1) is 6.21. The van der Waals surface area contributed by atoms with Crippen LogP contribution < -0.4 is 5.56 Å². The van der Waals surface area contributed by atoms with E-state index >= 15 is 0 Å². The number of fused-ring (bicyclic) bond motifs is 2. The van der Waals surface area contributed by atoms with Gasteiger partial charge in [-0.2, -0.15) is 0 Å². The van der Waals surface area contributed by atoms with Crippen LogP contribution in [-0.2, 0) is 11.8 Å². The largest absolute Gasteiger partial charge is 0.325 e. The van der Waals surface area contributed by atoms with Crippen molar-refractivity contribution in [2.24, 2.45) is 0 Å².